The number of alkyl halides is 2. The summed E-state index contributed by atoms with van der Waals surface area (Å²) >= 11 is 6.96. The third-order valence-electron chi connectivity index (χ3n) is 5.44. The number of ether oxygens (including phenoxy) is 1. The average molecular weight is 583 g/mol. The number of carbonyl (C=O) groups excluding carboxylic acids is 2. The summed E-state index contributed by atoms with van der Waals surface area (Å²) in [5, 5.41) is 3.10. The largest absolute Gasteiger partial charge is 0.433 e. The third-order valence-corrected chi connectivity index (χ3v) is 6.10. The molecule has 39 heavy (non-hydrogen) atoms. The number of primary amides is 1. The van der Waals surface area contributed by atoms with Crippen LogP contribution in [0.15, 0.2) is 60.7 Å². The molecule has 0 spiro atoms. The van der Waals surface area contributed by atoms with E-state index in [9.17, 15) is 18.0 Å². The lowest BCUT2D eigenvalue weighted by Crippen LogP contribution is -2.35. The van der Waals surface area contributed by atoms with Crippen molar-refractivity contribution < 1.29 is 27.5 Å². The highest BCUT2D eigenvalue weighted by Gasteiger charge is 2.24. The lowest BCUT2D eigenvalue weighted by Gasteiger charge is -2.28. The van der Waals surface area contributed by atoms with Gasteiger partial charge in [-0.2, -0.15) is 8.78 Å². The van der Waals surface area contributed by atoms with Gasteiger partial charge in [0.15, 0.2) is 0 Å². The summed E-state index contributed by atoms with van der Waals surface area (Å²) in [6, 6.07) is 17.2. The highest BCUT2D eigenvalue weighted by Crippen LogP contribution is 2.38. The van der Waals surface area contributed by atoms with Gasteiger partial charge in [-0.3, -0.25) is 9.59 Å². The molecule has 1 saturated heterocycles. The topological polar surface area (TPSA) is 96.7 Å². The highest BCUT2D eigenvalue weighted by molar-refractivity contribution is 7.99. The zero-order valence-electron chi connectivity index (χ0n) is 21.4. The van der Waals surface area contributed by atoms with Gasteiger partial charge in [-0.1, -0.05) is 47.8 Å². The Morgan fingerprint density at radius 3 is 2.44 bits per heavy atom. The Balaban J connectivity index is 0.000000341. The van der Waals surface area contributed by atoms with Crippen LogP contribution in [0.3, 0.4) is 0 Å². The van der Waals surface area contributed by atoms with Gasteiger partial charge < -0.3 is 25.4 Å². The minimum Gasteiger partial charge on any atom is -0.433 e. The summed E-state index contributed by atoms with van der Waals surface area (Å²) in [5.74, 6) is -0.366. The first-order chi connectivity index (χ1) is 18.7. The van der Waals surface area contributed by atoms with Crippen LogP contribution in [0.5, 0.6) is 5.75 Å². The Morgan fingerprint density at radius 1 is 1.10 bits per heavy atom. The van der Waals surface area contributed by atoms with Crippen LogP contribution in [-0.4, -0.2) is 38.8 Å². The fourth-order valence-corrected chi connectivity index (χ4v) is 4.34. The molecule has 2 amide bonds. The number of amides is 2. The molecule has 4 N–H and O–H groups in total. The molecule has 3 aromatic rings. The van der Waals surface area contributed by atoms with Gasteiger partial charge in [-0.15, -0.1) is 0 Å². The number of halogens is 4. The van der Waals surface area contributed by atoms with Crippen molar-refractivity contribution in [2.24, 2.45) is 5.73 Å². The van der Waals surface area contributed by atoms with Gasteiger partial charge in [-0.25, -0.2) is 4.39 Å². The van der Waals surface area contributed by atoms with Crippen LogP contribution in [0.4, 0.5) is 30.2 Å². The number of hydrogen-bond donors (Lipinski definition) is 3. The number of anilines is 3. The van der Waals surface area contributed by atoms with Crippen LogP contribution in [0.1, 0.15) is 19.3 Å². The van der Waals surface area contributed by atoms with E-state index >= 15 is 0 Å². The van der Waals surface area contributed by atoms with Crippen molar-refractivity contribution in [3.05, 3.63) is 71.5 Å². The maximum Gasteiger partial charge on any atom is 0.387 e. The molecular formula is C27H30ClF3N4O3S. The van der Waals surface area contributed by atoms with Gasteiger partial charge in [0.05, 0.1) is 17.1 Å². The highest BCUT2D eigenvalue weighted by atomic mass is 35.5. The lowest BCUT2D eigenvalue weighted by atomic mass is 10.0. The molecule has 0 atom stereocenters. The van der Waals surface area contributed by atoms with Gasteiger partial charge in [0, 0.05) is 36.9 Å². The van der Waals surface area contributed by atoms with E-state index in [1.807, 2.05) is 36.6 Å². The molecule has 1 heterocycles. The normalized spacial score (nSPS) is 12.5. The second kappa shape index (κ2) is 16.4. The predicted molar refractivity (Wildman–Crippen MR) is 153 cm³/mol. The summed E-state index contributed by atoms with van der Waals surface area (Å²) in [6.07, 6.45) is 4.26. The maximum absolute atomic E-state index is 13.0. The van der Waals surface area contributed by atoms with Crippen molar-refractivity contribution in [3.8, 4) is 16.9 Å². The van der Waals surface area contributed by atoms with Crippen molar-refractivity contribution in [2.45, 2.75) is 25.9 Å². The van der Waals surface area contributed by atoms with E-state index in [1.54, 1.807) is 31.3 Å². The number of hydrogen-bond acceptors (Lipinski definition) is 6. The van der Waals surface area contributed by atoms with E-state index in [1.165, 1.54) is 22.9 Å². The number of nitrogens with one attached hydrogen (secondary N) is 2. The van der Waals surface area contributed by atoms with Crippen molar-refractivity contribution >= 4 is 52.9 Å². The quantitative estimate of drug-likeness (QED) is 0.210. The fourth-order valence-electron chi connectivity index (χ4n) is 3.78. The molecule has 0 bridgehead atoms. The zero-order valence-corrected chi connectivity index (χ0v) is 23.0. The van der Waals surface area contributed by atoms with Crippen LogP contribution in [0.2, 0.25) is 5.02 Å². The van der Waals surface area contributed by atoms with Crippen LogP contribution in [-0.2, 0) is 9.59 Å². The minimum absolute atomic E-state index is 0.0201. The summed E-state index contributed by atoms with van der Waals surface area (Å²) in [4.78, 5) is 22.3. The maximum atomic E-state index is 13.0. The lowest BCUT2D eigenvalue weighted by molar-refractivity contribution is -0.119. The number of para-hydroxylation sites is 1. The Morgan fingerprint density at radius 2 is 1.82 bits per heavy atom. The molecule has 0 aromatic heterocycles. The fraction of sp³-hybridized carbons (Fsp3) is 0.259. The SMILES string of the molecule is CNc1ccc(Cl)cc1F.CSNc1ccccc1-c1ccc(N2CCCCC2=O)c(OC(F)F)c1.NC=O. The van der Waals surface area contributed by atoms with Gasteiger partial charge in [0.1, 0.15) is 11.6 Å². The first-order valence-corrected chi connectivity index (χ1v) is 13.4. The summed E-state index contributed by atoms with van der Waals surface area (Å²) in [6.45, 7) is -2.44. The van der Waals surface area contributed by atoms with Gasteiger partial charge in [0.2, 0.25) is 12.3 Å². The average Bonchev–Trinajstić information content (AvgIpc) is 2.90. The van der Waals surface area contributed by atoms with Crippen LogP contribution >= 0.6 is 23.5 Å². The number of piperidine rings is 1. The Labute approximate surface area is 235 Å². The third kappa shape index (κ3) is 9.60. The van der Waals surface area contributed by atoms with Gasteiger partial charge in [-0.05, 0) is 54.8 Å². The van der Waals surface area contributed by atoms with Crippen LogP contribution < -0.4 is 25.4 Å². The number of nitrogens with two attached hydrogens (primary N) is 1. The molecule has 7 nitrogen and oxygen atoms in total. The molecule has 0 radical (unpaired) electrons. The predicted octanol–water partition coefficient (Wildman–Crippen LogP) is 6.78. The molecule has 1 aliphatic rings. The van der Waals surface area contributed by atoms with E-state index in [0.717, 1.165) is 29.7 Å². The molecule has 4 rings (SSSR count). The number of rotatable bonds is 7. The molecule has 0 unspecified atom stereocenters. The molecular weight excluding hydrogens is 553 g/mol. The van der Waals surface area contributed by atoms with Gasteiger partial charge >= 0.3 is 6.61 Å². The standard InChI is InChI=1S/C19H20F2N2O2S.C7H7ClFN.CH3NO/c1-26-22-15-7-3-2-6-14(15)13-9-10-16(17(12-13)25-19(20)21)23-11-5-4-8-18(23)24;1-10-7-3-2-5(8)4-6(7)9;2-1-3/h2-3,6-7,9-10,12,19,22H,4-5,8,11H2,1H3;2-4,10H,1H3;1H,(H2,2,3). The van der Waals surface area contributed by atoms with Crippen molar-refractivity contribution in [1.82, 2.24) is 0 Å². The number of nitrogens with zero attached hydrogens (tertiary/aromatic N) is 1. The first-order valence-electron chi connectivity index (χ1n) is 11.8. The van der Waals surface area contributed by atoms with E-state index in [2.05, 4.69) is 15.8 Å². The van der Waals surface area contributed by atoms with E-state index in [4.69, 9.17) is 21.1 Å². The molecule has 3 aromatic carbocycles. The summed E-state index contributed by atoms with van der Waals surface area (Å²) in [7, 11) is 1.66. The smallest absolute Gasteiger partial charge is 0.387 e. The van der Waals surface area contributed by atoms with Crippen molar-refractivity contribution in [2.75, 3.05) is 34.8 Å². The molecule has 12 heteroatoms. The first kappa shape index (κ1) is 31.6. The monoisotopic (exact) mass is 582 g/mol. The number of benzene rings is 3. The molecule has 1 fully saturated rings. The van der Waals surface area contributed by atoms with Crippen LogP contribution in [0, 0.1) is 5.82 Å². The Kier molecular flexibility index (Phi) is 13.3. The molecule has 1 aliphatic heterocycles. The molecule has 0 aliphatic carbocycles. The minimum atomic E-state index is -2.96. The summed E-state index contributed by atoms with van der Waals surface area (Å²) in [5.41, 5.74) is 7.52. The van der Waals surface area contributed by atoms with E-state index in [0.29, 0.717) is 29.4 Å². The van der Waals surface area contributed by atoms with E-state index < -0.39 is 6.61 Å². The zero-order chi connectivity index (χ0) is 28.8. The molecule has 0 saturated carbocycles. The second-order valence-corrected chi connectivity index (χ2v) is 8.97. The second-order valence-electron chi connectivity index (χ2n) is 7.93. The van der Waals surface area contributed by atoms with Gasteiger partial charge in [0.25, 0.3) is 0 Å². The van der Waals surface area contributed by atoms with E-state index in [-0.39, 0.29) is 23.9 Å². The Bertz CT molecular complexity index is 1240. The Hall–Kier alpha value is -3.57. The van der Waals surface area contributed by atoms with Crippen molar-refractivity contribution in [1.29, 1.82) is 0 Å². The van der Waals surface area contributed by atoms with Crippen molar-refractivity contribution in [3.63, 3.8) is 0 Å². The molecule has 210 valence electrons. The number of carbonyl (C=O) groups is 2. The van der Waals surface area contributed by atoms with Crippen LogP contribution in [0.25, 0.3) is 11.1 Å². The summed E-state index contributed by atoms with van der Waals surface area (Å²) < 4.78 is 46.6.